The molecule has 2 aromatic heterocycles. The van der Waals surface area contributed by atoms with Crippen LogP contribution in [0.4, 0.5) is 0 Å². The quantitative estimate of drug-likeness (QED) is 0.609. The van der Waals surface area contributed by atoms with Crippen molar-refractivity contribution in [3.63, 3.8) is 0 Å². The van der Waals surface area contributed by atoms with Crippen LogP contribution >= 0.6 is 0 Å². The van der Waals surface area contributed by atoms with Gasteiger partial charge < -0.3 is 5.11 Å². The number of carbonyl (C=O) groups is 1. The Labute approximate surface area is 126 Å². The second-order valence-electron chi connectivity index (χ2n) is 5.06. The van der Waals surface area contributed by atoms with Crippen molar-refractivity contribution in [2.75, 3.05) is 0 Å². The highest BCUT2D eigenvalue weighted by atomic mass is 16.4. The average molecular weight is 288 g/mol. The van der Waals surface area contributed by atoms with E-state index in [1.807, 2.05) is 59.0 Å². The van der Waals surface area contributed by atoms with Gasteiger partial charge in [-0.15, -0.1) is 0 Å². The van der Waals surface area contributed by atoms with Crippen molar-refractivity contribution in [1.82, 2.24) is 9.38 Å². The fraction of sp³-hybridized carbons (Fsp3) is 0. The van der Waals surface area contributed by atoms with Gasteiger partial charge in [-0.05, 0) is 11.6 Å². The lowest BCUT2D eigenvalue weighted by atomic mass is 9.96. The molecule has 106 valence electrons. The standard InChI is InChI=1S/C18H12N2O2/c21-18(22)16-15(12-6-2-1-3-7-12)13-8-4-5-9-14(13)20-11-10-19-17(16)20/h1-11H,(H,21,22). The Morgan fingerprint density at radius 1 is 1.00 bits per heavy atom. The zero-order chi connectivity index (χ0) is 15.1. The summed E-state index contributed by atoms with van der Waals surface area (Å²) in [4.78, 5) is 16.2. The molecule has 0 aliphatic rings. The molecule has 0 spiro atoms. The van der Waals surface area contributed by atoms with Crippen molar-refractivity contribution in [2.24, 2.45) is 0 Å². The number of pyridine rings is 1. The topological polar surface area (TPSA) is 54.6 Å². The van der Waals surface area contributed by atoms with E-state index in [1.54, 1.807) is 12.4 Å². The minimum atomic E-state index is -0.971. The molecule has 0 saturated heterocycles. The Morgan fingerprint density at radius 3 is 2.50 bits per heavy atom. The molecule has 4 nitrogen and oxygen atoms in total. The van der Waals surface area contributed by atoms with Crippen LogP contribution in [0.2, 0.25) is 0 Å². The third kappa shape index (κ3) is 1.71. The van der Waals surface area contributed by atoms with E-state index in [4.69, 9.17) is 0 Å². The van der Waals surface area contributed by atoms with Gasteiger partial charge in [-0.3, -0.25) is 4.40 Å². The smallest absolute Gasteiger partial charge is 0.340 e. The summed E-state index contributed by atoms with van der Waals surface area (Å²) in [6.45, 7) is 0. The van der Waals surface area contributed by atoms with Gasteiger partial charge in [-0.25, -0.2) is 9.78 Å². The van der Waals surface area contributed by atoms with E-state index in [1.165, 1.54) is 0 Å². The fourth-order valence-corrected chi connectivity index (χ4v) is 2.93. The molecule has 22 heavy (non-hydrogen) atoms. The van der Waals surface area contributed by atoms with Crippen LogP contribution in [0, 0.1) is 0 Å². The van der Waals surface area contributed by atoms with Crippen molar-refractivity contribution in [3.8, 4) is 11.1 Å². The van der Waals surface area contributed by atoms with Crippen LogP contribution in [0.15, 0.2) is 67.0 Å². The largest absolute Gasteiger partial charge is 0.478 e. The molecule has 0 fully saturated rings. The number of rotatable bonds is 2. The summed E-state index contributed by atoms with van der Waals surface area (Å²) in [7, 11) is 0. The maximum Gasteiger partial charge on any atom is 0.340 e. The fourth-order valence-electron chi connectivity index (χ4n) is 2.93. The predicted molar refractivity (Wildman–Crippen MR) is 85.1 cm³/mol. The lowest BCUT2D eigenvalue weighted by Gasteiger charge is -2.13. The number of hydrogen-bond acceptors (Lipinski definition) is 2. The second-order valence-corrected chi connectivity index (χ2v) is 5.06. The van der Waals surface area contributed by atoms with Crippen molar-refractivity contribution in [1.29, 1.82) is 0 Å². The molecule has 4 rings (SSSR count). The maximum absolute atomic E-state index is 11.9. The zero-order valence-electron chi connectivity index (χ0n) is 11.6. The minimum absolute atomic E-state index is 0.231. The first kappa shape index (κ1) is 12.6. The number of fused-ring (bicyclic) bond motifs is 3. The third-order valence-electron chi connectivity index (χ3n) is 3.82. The Kier molecular flexibility index (Phi) is 2.69. The number of nitrogens with zero attached hydrogens (tertiary/aromatic N) is 2. The molecule has 4 aromatic rings. The number of aromatic carboxylic acids is 1. The molecular weight excluding hydrogens is 276 g/mol. The molecule has 4 heteroatoms. The Balaban J connectivity index is 2.29. The highest BCUT2D eigenvalue weighted by molar-refractivity contribution is 6.11. The lowest BCUT2D eigenvalue weighted by molar-refractivity contribution is 0.0699. The summed E-state index contributed by atoms with van der Waals surface area (Å²) in [5.41, 5.74) is 3.22. The van der Waals surface area contributed by atoms with Crippen LogP contribution < -0.4 is 0 Å². The van der Waals surface area contributed by atoms with E-state index < -0.39 is 5.97 Å². The van der Waals surface area contributed by atoms with Crippen molar-refractivity contribution >= 4 is 22.5 Å². The molecular formula is C18H12N2O2. The Bertz CT molecular complexity index is 1000. The average Bonchev–Trinajstić information content (AvgIpc) is 3.03. The summed E-state index contributed by atoms with van der Waals surface area (Å²) in [6.07, 6.45) is 3.42. The molecule has 0 saturated carbocycles. The molecule has 0 atom stereocenters. The van der Waals surface area contributed by atoms with Gasteiger partial charge in [-0.2, -0.15) is 0 Å². The van der Waals surface area contributed by atoms with Crippen LogP contribution in [0.5, 0.6) is 0 Å². The van der Waals surface area contributed by atoms with Crippen LogP contribution in [0.1, 0.15) is 10.4 Å². The number of carboxylic acid groups (broad SMARTS) is 1. The normalized spacial score (nSPS) is 11.1. The van der Waals surface area contributed by atoms with E-state index in [0.717, 1.165) is 16.5 Å². The van der Waals surface area contributed by atoms with Crippen LogP contribution in [0.25, 0.3) is 27.7 Å². The van der Waals surface area contributed by atoms with Gasteiger partial charge in [-0.1, -0.05) is 48.5 Å². The summed E-state index contributed by atoms with van der Waals surface area (Å²) in [6, 6.07) is 17.4. The van der Waals surface area contributed by atoms with Crippen LogP contribution in [0.3, 0.4) is 0 Å². The SMILES string of the molecule is O=C(O)c1c(-c2ccccc2)c2ccccc2n2ccnc12. The monoisotopic (exact) mass is 288 g/mol. The van der Waals surface area contributed by atoms with Gasteiger partial charge in [0.05, 0.1) is 5.52 Å². The predicted octanol–water partition coefficient (Wildman–Crippen LogP) is 3.85. The van der Waals surface area contributed by atoms with Gasteiger partial charge in [0.25, 0.3) is 0 Å². The van der Waals surface area contributed by atoms with E-state index >= 15 is 0 Å². The van der Waals surface area contributed by atoms with E-state index in [0.29, 0.717) is 11.2 Å². The first-order valence-corrected chi connectivity index (χ1v) is 6.94. The number of para-hydroxylation sites is 1. The van der Waals surface area contributed by atoms with E-state index in [9.17, 15) is 9.90 Å². The van der Waals surface area contributed by atoms with Gasteiger partial charge >= 0.3 is 5.97 Å². The Hall–Kier alpha value is -3.14. The third-order valence-corrected chi connectivity index (χ3v) is 3.82. The second kappa shape index (κ2) is 4.70. The van der Waals surface area contributed by atoms with Crippen molar-refractivity contribution in [2.45, 2.75) is 0 Å². The molecule has 0 bridgehead atoms. The Morgan fingerprint density at radius 2 is 1.73 bits per heavy atom. The van der Waals surface area contributed by atoms with Gasteiger partial charge in [0.15, 0.2) is 5.65 Å². The molecule has 2 aromatic carbocycles. The summed E-state index contributed by atoms with van der Waals surface area (Å²) in [5, 5.41) is 10.6. The summed E-state index contributed by atoms with van der Waals surface area (Å²) in [5.74, 6) is -0.971. The summed E-state index contributed by atoms with van der Waals surface area (Å²) >= 11 is 0. The summed E-state index contributed by atoms with van der Waals surface area (Å²) < 4.78 is 1.82. The van der Waals surface area contributed by atoms with Crippen LogP contribution in [-0.4, -0.2) is 20.5 Å². The van der Waals surface area contributed by atoms with Gasteiger partial charge in [0.2, 0.25) is 0 Å². The highest BCUT2D eigenvalue weighted by Crippen LogP contribution is 2.34. The minimum Gasteiger partial charge on any atom is -0.478 e. The zero-order valence-corrected chi connectivity index (χ0v) is 11.6. The number of imidazole rings is 1. The molecule has 0 unspecified atom stereocenters. The van der Waals surface area contributed by atoms with Gasteiger partial charge in [0.1, 0.15) is 5.56 Å². The lowest BCUT2D eigenvalue weighted by Crippen LogP contribution is -2.05. The van der Waals surface area contributed by atoms with Gasteiger partial charge in [0, 0.05) is 23.3 Å². The van der Waals surface area contributed by atoms with Crippen molar-refractivity contribution < 1.29 is 9.90 Å². The number of carboxylic acids is 1. The molecule has 0 aliphatic carbocycles. The molecule has 0 aliphatic heterocycles. The number of aromatic nitrogens is 2. The molecule has 0 radical (unpaired) electrons. The first-order chi connectivity index (χ1) is 10.8. The number of hydrogen-bond donors (Lipinski definition) is 1. The number of benzene rings is 2. The van der Waals surface area contributed by atoms with Crippen LogP contribution in [-0.2, 0) is 0 Å². The molecule has 0 amide bonds. The first-order valence-electron chi connectivity index (χ1n) is 6.94. The molecule has 1 N–H and O–H groups in total. The van der Waals surface area contributed by atoms with E-state index in [2.05, 4.69) is 4.98 Å². The van der Waals surface area contributed by atoms with E-state index in [-0.39, 0.29) is 5.56 Å². The maximum atomic E-state index is 11.9. The van der Waals surface area contributed by atoms with Crippen molar-refractivity contribution in [3.05, 3.63) is 72.6 Å². The highest BCUT2D eigenvalue weighted by Gasteiger charge is 2.21. The molecule has 2 heterocycles.